The Morgan fingerprint density at radius 1 is 1.35 bits per heavy atom. The van der Waals surface area contributed by atoms with Crippen molar-refractivity contribution in [1.29, 1.82) is 0 Å². The van der Waals surface area contributed by atoms with Gasteiger partial charge in [-0.1, -0.05) is 0 Å². The summed E-state index contributed by atoms with van der Waals surface area (Å²) in [7, 11) is 0. The monoisotopic (exact) mass is 296 g/mol. The quantitative estimate of drug-likeness (QED) is 0.663. The zero-order valence-electron chi connectivity index (χ0n) is 12.5. The molecule has 3 aliphatic rings. The SMILES string of the molecule is CC(C)(C)[S+]([O-])NC1=C2C=CNN2CC12CCNCC2. The molecule has 3 rings (SSSR count). The smallest absolute Gasteiger partial charge is 0.142 e. The van der Waals surface area contributed by atoms with Crippen LogP contribution in [-0.2, 0) is 11.4 Å². The van der Waals surface area contributed by atoms with Gasteiger partial charge < -0.3 is 15.3 Å². The van der Waals surface area contributed by atoms with Crippen LogP contribution in [0.1, 0.15) is 33.6 Å². The van der Waals surface area contributed by atoms with Crippen LogP contribution < -0.4 is 15.5 Å². The number of allylic oxidation sites excluding steroid dienone is 1. The van der Waals surface area contributed by atoms with Gasteiger partial charge in [-0.25, -0.2) is 4.72 Å². The van der Waals surface area contributed by atoms with Crippen molar-refractivity contribution in [2.24, 2.45) is 5.41 Å². The summed E-state index contributed by atoms with van der Waals surface area (Å²) in [5, 5.41) is 5.60. The fraction of sp³-hybridized carbons (Fsp3) is 0.714. The van der Waals surface area contributed by atoms with Gasteiger partial charge in [-0.15, -0.1) is 0 Å². The molecule has 1 unspecified atom stereocenters. The molecule has 0 amide bonds. The van der Waals surface area contributed by atoms with Crippen molar-refractivity contribution in [2.45, 2.75) is 38.4 Å². The maximum Gasteiger partial charge on any atom is 0.142 e. The third kappa shape index (κ3) is 2.29. The normalized spacial score (nSPS) is 25.9. The number of nitrogens with one attached hydrogen (secondary N) is 3. The molecule has 3 N–H and O–H groups in total. The summed E-state index contributed by atoms with van der Waals surface area (Å²) in [5.41, 5.74) is 5.70. The zero-order valence-corrected chi connectivity index (χ0v) is 13.3. The predicted molar refractivity (Wildman–Crippen MR) is 81.6 cm³/mol. The van der Waals surface area contributed by atoms with E-state index in [2.05, 4.69) is 26.5 Å². The minimum atomic E-state index is -1.08. The molecule has 0 aromatic carbocycles. The van der Waals surface area contributed by atoms with Gasteiger partial charge in [0.15, 0.2) is 0 Å². The van der Waals surface area contributed by atoms with Gasteiger partial charge in [-0.05, 0) is 52.8 Å². The lowest BCUT2D eigenvalue weighted by Crippen LogP contribution is -2.47. The number of nitrogens with zero attached hydrogens (tertiary/aromatic N) is 1. The molecule has 112 valence electrons. The number of fused-ring (bicyclic) bond motifs is 1. The van der Waals surface area contributed by atoms with Crippen LogP contribution in [0.4, 0.5) is 0 Å². The first-order chi connectivity index (χ1) is 9.42. The third-order valence-corrected chi connectivity index (χ3v) is 5.82. The highest BCUT2D eigenvalue weighted by molar-refractivity contribution is 7.90. The first-order valence-corrected chi connectivity index (χ1v) is 8.42. The Hall–Kier alpha value is -0.850. The second-order valence-corrected chi connectivity index (χ2v) is 8.79. The minimum Gasteiger partial charge on any atom is -0.593 e. The van der Waals surface area contributed by atoms with Gasteiger partial charge in [0.25, 0.3) is 0 Å². The van der Waals surface area contributed by atoms with Gasteiger partial charge in [0, 0.05) is 11.6 Å². The van der Waals surface area contributed by atoms with Gasteiger partial charge in [0.05, 0.1) is 29.3 Å². The molecular weight excluding hydrogens is 272 g/mol. The van der Waals surface area contributed by atoms with Crippen LogP contribution in [0.5, 0.6) is 0 Å². The molecule has 0 bridgehead atoms. The fourth-order valence-electron chi connectivity index (χ4n) is 3.09. The van der Waals surface area contributed by atoms with Gasteiger partial charge >= 0.3 is 0 Å². The van der Waals surface area contributed by atoms with E-state index in [1.54, 1.807) is 0 Å². The standard InChI is InChI=1S/C14H24N4OS/c1-13(2,3)20(19)17-12-11-4-7-16-18(11)10-14(12)5-8-15-9-6-14/h4,7,15-17H,5-6,8-10H2,1-3H3. The first kappa shape index (κ1) is 14.1. The molecule has 20 heavy (non-hydrogen) atoms. The van der Waals surface area contributed by atoms with Crippen LogP contribution in [0, 0.1) is 5.41 Å². The van der Waals surface area contributed by atoms with E-state index < -0.39 is 11.4 Å². The summed E-state index contributed by atoms with van der Waals surface area (Å²) >= 11 is -1.08. The van der Waals surface area contributed by atoms with Crippen molar-refractivity contribution in [2.75, 3.05) is 19.6 Å². The number of hydrazine groups is 1. The molecule has 1 fully saturated rings. The number of hydrogen-bond acceptors (Lipinski definition) is 5. The average Bonchev–Trinajstić information content (AvgIpc) is 2.91. The molecule has 5 nitrogen and oxygen atoms in total. The van der Waals surface area contributed by atoms with E-state index in [0.29, 0.717) is 0 Å². The molecule has 3 heterocycles. The van der Waals surface area contributed by atoms with Crippen molar-refractivity contribution < 1.29 is 4.55 Å². The van der Waals surface area contributed by atoms with Crippen LogP contribution in [0.25, 0.3) is 0 Å². The van der Waals surface area contributed by atoms with Crippen molar-refractivity contribution in [3.63, 3.8) is 0 Å². The Balaban J connectivity index is 1.90. The Morgan fingerprint density at radius 3 is 2.70 bits per heavy atom. The number of rotatable bonds is 2. The minimum absolute atomic E-state index is 0.110. The van der Waals surface area contributed by atoms with E-state index in [9.17, 15) is 4.55 Å². The Kier molecular flexibility index (Phi) is 3.43. The van der Waals surface area contributed by atoms with Gasteiger partial charge in [-0.2, -0.15) is 0 Å². The van der Waals surface area contributed by atoms with Crippen molar-refractivity contribution in [3.05, 3.63) is 23.7 Å². The summed E-state index contributed by atoms with van der Waals surface area (Å²) in [5.74, 6) is 0. The molecule has 0 aromatic rings. The van der Waals surface area contributed by atoms with Crippen LogP contribution in [0.3, 0.4) is 0 Å². The highest BCUT2D eigenvalue weighted by Crippen LogP contribution is 2.45. The average molecular weight is 296 g/mol. The lowest BCUT2D eigenvalue weighted by molar-refractivity contribution is 0.190. The fourth-order valence-corrected chi connectivity index (χ4v) is 3.90. The van der Waals surface area contributed by atoms with E-state index in [1.165, 1.54) is 0 Å². The molecule has 0 aliphatic carbocycles. The van der Waals surface area contributed by atoms with Gasteiger partial charge in [0.2, 0.25) is 0 Å². The molecule has 3 aliphatic heterocycles. The third-order valence-electron chi connectivity index (χ3n) is 4.32. The molecule has 1 saturated heterocycles. The molecule has 1 atom stereocenters. The van der Waals surface area contributed by atoms with E-state index in [-0.39, 0.29) is 10.2 Å². The predicted octanol–water partition coefficient (Wildman–Crippen LogP) is 0.967. The van der Waals surface area contributed by atoms with Crippen molar-refractivity contribution in [3.8, 4) is 0 Å². The first-order valence-electron chi connectivity index (χ1n) is 7.27. The lowest BCUT2D eigenvalue weighted by Gasteiger charge is -2.37. The van der Waals surface area contributed by atoms with Gasteiger partial charge in [0.1, 0.15) is 4.75 Å². The van der Waals surface area contributed by atoms with Gasteiger partial charge in [-0.3, -0.25) is 5.01 Å². The Labute approximate surface area is 124 Å². The summed E-state index contributed by atoms with van der Waals surface area (Å²) in [6.07, 6.45) is 6.21. The Morgan fingerprint density at radius 2 is 2.05 bits per heavy atom. The molecular formula is C14H24N4OS. The highest BCUT2D eigenvalue weighted by Gasteiger charge is 2.48. The van der Waals surface area contributed by atoms with E-state index in [0.717, 1.165) is 43.9 Å². The maximum atomic E-state index is 12.5. The number of piperidine rings is 1. The summed E-state index contributed by atoms with van der Waals surface area (Å²) in [6, 6.07) is 0. The molecule has 0 radical (unpaired) electrons. The van der Waals surface area contributed by atoms with Crippen LogP contribution >= 0.6 is 0 Å². The second kappa shape index (κ2) is 4.86. The van der Waals surface area contributed by atoms with Crippen LogP contribution in [0.2, 0.25) is 0 Å². The van der Waals surface area contributed by atoms with Crippen molar-refractivity contribution >= 4 is 11.4 Å². The topological polar surface area (TPSA) is 62.4 Å². The summed E-state index contributed by atoms with van der Waals surface area (Å²) in [4.78, 5) is 0. The number of hydrogen-bond donors (Lipinski definition) is 3. The molecule has 1 spiro atoms. The summed E-state index contributed by atoms with van der Waals surface area (Å²) in [6.45, 7) is 9.03. The van der Waals surface area contributed by atoms with Crippen LogP contribution in [0.15, 0.2) is 23.7 Å². The lowest BCUT2D eigenvalue weighted by atomic mass is 9.77. The maximum absolute atomic E-state index is 12.5. The second-order valence-electron chi connectivity index (χ2n) is 6.82. The molecule has 0 aromatic heterocycles. The van der Waals surface area contributed by atoms with E-state index in [4.69, 9.17) is 0 Å². The van der Waals surface area contributed by atoms with E-state index in [1.807, 2.05) is 27.0 Å². The largest absolute Gasteiger partial charge is 0.593 e. The van der Waals surface area contributed by atoms with Crippen molar-refractivity contribution in [1.82, 2.24) is 20.5 Å². The highest BCUT2D eigenvalue weighted by atomic mass is 32.2. The van der Waals surface area contributed by atoms with Crippen LogP contribution in [-0.4, -0.2) is 33.9 Å². The van der Waals surface area contributed by atoms with E-state index >= 15 is 0 Å². The summed E-state index contributed by atoms with van der Waals surface area (Å²) < 4.78 is 15.6. The Bertz CT molecular complexity index is 449. The zero-order chi connectivity index (χ0) is 14.4. The molecule has 6 heteroatoms. The molecule has 0 saturated carbocycles.